The van der Waals surface area contributed by atoms with Crippen molar-refractivity contribution in [2.45, 2.75) is 13.3 Å². The highest BCUT2D eigenvalue weighted by molar-refractivity contribution is 7.80. The van der Waals surface area contributed by atoms with Crippen molar-refractivity contribution in [3.63, 3.8) is 0 Å². The van der Waals surface area contributed by atoms with Crippen LogP contribution in [0, 0.1) is 18.8 Å². The van der Waals surface area contributed by atoms with E-state index in [0.717, 1.165) is 23.7 Å². The van der Waals surface area contributed by atoms with E-state index < -0.39 is 0 Å². The second-order valence-corrected chi connectivity index (χ2v) is 2.60. The normalized spacial score (nSPS) is 8.91. The standard InChI is InChI=1S/C8H10N2S/c1-7-9-6-8(10-7)4-2-3-5-11/h6,11H,3,5H2,1H3,(H,9,10). The molecule has 1 aromatic heterocycles. The third-order valence-electron chi connectivity index (χ3n) is 1.16. The first-order valence-corrected chi connectivity index (χ1v) is 4.07. The number of nitrogens with zero attached hydrogens (tertiary/aromatic N) is 1. The maximum atomic E-state index is 4.04. The summed E-state index contributed by atoms with van der Waals surface area (Å²) in [5.74, 6) is 7.63. The highest BCUT2D eigenvalue weighted by Crippen LogP contribution is 1.92. The fraction of sp³-hybridized carbons (Fsp3) is 0.375. The summed E-state index contributed by atoms with van der Waals surface area (Å²) in [5.41, 5.74) is 0.879. The lowest BCUT2D eigenvalue weighted by Crippen LogP contribution is -1.74. The van der Waals surface area contributed by atoms with Crippen LogP contribution in [0.15, 0.2) is 6.20 Å². The van der Waals surface area contributed by atoms with Gasteiger partial charge in [0.2, 0.25) is 0 Å². The van der Waals surface area contributed by atoms with E-state index in [1.165, 1.54) is 0 Å². The Hall–Kier alpha value is -0.880. The molecule has 0 aliphatic carbocycles. The molecule has 2 nitrogen and oxygen atoms in total. The van der Waals surface area contributed by atoms with Gasteiger partial charge in [0.25, 0.3) is 0 Å². The summed E-state index contributed by atoms with van der Waals surface area (Å²) >= 11 is 4.04. The zero-order valence-electron chi connectivity index (χ0n) is 6.39. The molecule has 0 aliphatic heterocycles. The third-order valence-corrected chi connectivity index (χ3v) is 1.39. The largest absolute Gasteiger partial charge is 0.336 e. The van der Waals surface area contributed by atoms with Gasteiger partial charge >= 0.3 is 0 Å². The van der Waals surface area contributed by atoms with Crippen molar-refractivity contribution in [1.29, 1.82) is 0 Å². The molecule has 1 rings (SSSR count). The maximum Gasteiger partial charge on any atom is 0.109 e. The number of aromatic amines is 1. The zero-order valence-corrected chi connectivity index (χ0v) is 7.28. The molecule has 0 unspecified atom stereocenters. The Morgan fingerprint density at radius 3 is 3.09 bits per heavy atom. The second kappa shape index (κ2) is 4.09. The predicted molar refractivity (Wildman–Crippen MR) is 48.7 cm³/mol. The summed E-state index contributed by atoms with van der Waals surface area (Å²) in [6, 6.07) is 0. The molecular weight excluding hydrogens is 156 g/mol. The number of hydrogen-bond acceptors (Lipinski definition) is 2. The van der Waals surface area contributed by atoms with Crippen LogP contribution in [0.4, 0.5) is 0 Å². The van der Waals surface area contributed by atoms with Crippen LogP contribution in [0.3, 0.4) is 0 Å². The van der Waals surface area contributed by atoms with Gasteiger partial charge in [-0.3, -0.25) is 0 Å². The molecule has 1 heterocycles. The number of hydrogen-bond donors (Lipinski definition) is 2. The molecule has 0 spiro atoms. The van der Waals surface area contributed by atoms with Gasteiger partial charge in [-0.25, -0.2) is 4.98 Å². The zero-order chi connectivity index (χ0) is 8.10. The number of rotatable bonds is 1. The first kappa shape index (κ1) is 8.22. The van der Waals surface area contributed by atoms with Crippen molar-refractivity contribution in [3.8, 4) is 11.8 Å². The van der Waals surface area contributed by atoms with Crippen LogP contribution in [-0.4, -0.2) is 15.7 Å². The summed E-state index contributed by atoms with van der Waals surface area (Å²) < 4.78 is 0. The van der Waals surface area contributed by atoms with Crippen molar-refractivity contribution in [1.82, 2.24) is 9.97 Å². The Labute approximate surface area is 71.8 Å². The van der Waals surface area contributed by atoms with Crippen molar-refractivity contribution in [3.05, 3.63) is 17.7 Å². The smallest absolute Gasteiger partial charge is 0.109 e. The number of aromatic nitrogens is 2. The first-order chi connectivity index (χ1) is 5.33. The molecule has 0 bridgehead atoms. The summed E-state index contributed by atoms with van der Waals surface area (Å²) in [5, 5.41) is 0. The minimum absolute atomic E-state index is 0.806. The fourth-order valence-electron chi connectivity index (χ4n) is 0.698. The van der Waals surface area contributed by atoms with Gasteiger partial charge < -0.3 is 4.98 Å². The van der Waals surface area contributed by atoms with Crippen LogP contribution in [0.25, 0.3) is 0 Å². The van der Waals surface area contributed by atoms with Crippen LogP contribution < -0.4 is 0 Å². The number of nitrogens with one attached hydrogen (secondary N) is 1. The summed E-state index contributed by atoms with van der Waals surface area (Å²) in [4.78, 5) is 7.04. The number of H-pyrrole nitrogens is 1. The van der Waals surface area contributed by atoms with E-state index in [1.54, 1.807) is 6.20 Å². The van der Waals surface area contributed by atoms with Gasteiger partial charge in [-0.2, -0.15) is 12.6 Å². The van der Waals surface area contributed by atoms with Crippen molar-refractivity contribution in [2.75, 3.05) is 5.75 Å². The molecule has 0 radical (unpaired) electrons. The molecule has 0 atom stereocenters. The lowest BCUT2D eigenvalue weighted by Gasteiger charge is -1.79. The molecule has 0 aromatic carbocycles. The van der Waals surface area contributed by atoms with Crippen molar-refractivity contribution < 1.29 is 0 Å². The highest BCUT2D eigenvalue weighted by Gasteiger charge is 1.88. The SMILES string of the molecule is Cc1ncc(C#CCCS)[nH]1. The van der Waals surface area contributed by atoms with Crippen LogP contribution in [0.1, 0.15) is 17.9 Å². The molecule has 0 saturated heterocycles. The molecule has 0 amide bonds. The topological polar surface area (TPSA) is 28.7 Å². The number of thiol groups is 1. The molecule has 11 heavy (non-hydrogen) atoms. The van der Waals surface area contributed by atoms with Crippen LogP contribution >= 0.6 is 12.6 Å². The number of imidazole rings is 1. The quantitative estimate of drug-likeness (QED) is 0.479. The van der Waals surface area contributed by atoms with E-state index in [0.29, 0.717) is 0 Å². The lowest BCUT2D eigenvalue weighted by atomic mass is 10.4. The van der Waals surface area contributed by atoms with E-state index in [-0.39, 0.29) is 0 Å². The van der Waals surface area contributed by atoms with Crippen LogP contribution in [-0.2, 0) is 0 Å². The van der Waals surface area contributed by atoms with E-state index >= 15 is 0 Å². The second-order valence-electron chi connectivity index (χ2n) is 2.16. The first-order valence-electron chi connectivity index (χ1n) is 3.44. The molecule has 1 N–H and O–H groups in total. The molecule has 0 fully saturated rings. The summed E-state index contributed by atoms with van der Waals surface area (Å²) in [7, 11) is 0. The Balaban J connectivity index is 2.59. The molecule has 1 aromatic rings. The summed E-state index contributed by atoms with van der Waals surface area (Å²) in [6.07, 6.45) is 2.56. The van der Waals surface area contributed by atoms with Crippen LogP contribution in [0.2, 0.25) is 0 Å². The Kier molecular flexibility index (Phi) is 3.06. The minimum atomic E-state index is 0.806. The van der Waals surface area contributed by atoms with E-state index in [2.05, 4.69) is 34.4 Å². The monoisotopic (exact) mass is 166 g/mol. The Morgan fingerprint density at radius 1 is 1.73 bits per heavy atom. The molecule has 58 valence electrons. The van der Waals surface area contributed by atoms with Gasteiger partial charge in [-0.1, -0.05) is 5.92 Å². The molecular formula is C8H10N2S. The van der Waals surface area contributed by atoms with Crippen LogP contribution in [0.5, 0.6) is 0 Å². The van der Waals surface area contributed by atoms with Gasteiger partial charge in [0, 0.05) is 12.2 Å². The lowest BCUT2D eigenvalue weighted by molar-refractivity contribution is 1.14. The average molecular weight is 166 g/mol. The molecule has 0 saturated carbocycles. The van der Waals surface area contributed by atoms with Gasteiger partial charge in [-0.05, 0) is 12.8 Å². The summed E-state index contributed by atoms with van der Waals surface area (Å²) in [6.45, 7) is 1.91. The third kappa shape index (κ3) is 2.69. The van der Waals surface area contributed by atoms with Gasteiger partial charge in [0.15, 0.2) is 0 Å². The predicted octanol–water partition coefficient (Wildman–Crippen LogP) is 1.39. The van der Waals surface area contributed by atoms with Gasteiger partial charge in [-0.15, -0.1) is 0 Å². The van der Waals surface area contributed by atoms with Crippen molar-refractivity contribution >= 4 is 12.6 Å². The average Bonchev–Trinajstić information content (AvgIpc) is 2.37. The van der Waals surface area contributed by atoms with Gasteiger partial charge in [0.05, 0.1) is 6.20 Å². The fourth-order valence-corrected chi connectivity index (χ4v) is 0.810. The number of aryl methyl sites for hydroxylation is 1. The van der Waals surface area contributed by atoms with E-state index in [9.17, 15) is 0 Å². The van der Waals surface area contributed by atoms with Gasteiger partial charge in [0.1, 0.15) is 11.5 Å². The van der Waals surface area contributed by atoms with Crippen molar-refractivity contribution in [2.24, 2.45) is 0 Å². The minimum Gasteiger partial charge on any atom is -0.336 e. The molecule has 0 aliphatic rings. The highest BCUT2D eigenvalue weighted by atomic mass is 32.1. The van der Waals surface area contributed by atoms with E-state index in [1.807, 2.05) is 6.92 Å². The molecule has 3 heteroatoms. The Bertz CT molecular complexity index is 280. The van der Waals surface area contributed by atoms with E-state index in [4.69, 9.17) is 0 Å². The maximum absolute atomic E-state index is 4.04. The Morgan fingerprint density at radius 2 is 2.55 bits per heavy atom.